The van der Waals surface area contributed by atoms with Crippen LogP contribution in [0.3, 0.4) is 0 Å². The third-order valence-corrected chi connectivity index (χ3v) is 5.17. The van der Waals surface area contributed by atoms with Crippen molar-refractivity contribution >= 4 is 9.84 Å². The van der Waals surface area contributed by atoms with Gasteiger partial charge < -0.3 is 5.73 Å². The average molecular weight is 189 g/mol. The highest BCUT2D eigenvalue weighted by atomic mass is 32.2. The quantitative estimate of drug-likeness (QED) is 0.673. The Kier molecular flexibility index (Phi) is 1.74. The first kappa shape index (κ1) is 8.51. The van der Waals surface area contributed by atoms with Gasteiger partial charge in [-0.2, -0.15) is 0 Å². The predicted octanol–water partition coefficient (Wildman–Crippen LogP) is 0.160. The molecule has 1 saturated heterocycles. The first-order chi connectivity index (χ1) is 5.58. The van der Waals surface area contributed by atoms with Gasteiger partial charge in [-0.25, -0.2) is 8.42 Å². The zero-order chi connectivity index (χ0) is 8.82. The Bertz CT molecular complexity index is 279. The van der Waals surface area contributed by atoms with Crippen molar-refractivity contribution in [2.24, 2.45) is 17.1 Å². The molecule has 1 aliphatic carbocycles. The van der Waals surface area contributed by atoms with Gasteiger partial charge in [0.25, 0.3) is 0 Å². The Hall–Kier alpha value is -0.0900. The summed E-state index contributed by atoms with van der Waals surface area (Å²) in [5, 5.41) is 0. The molecule has 0 amide bonds. The number of hydrogen-bond donors (Lipinski definition) is 1. The minimum Gasteiger partial charge on any atom is -0.330 e. The molecule has 0 aromatic carbocycles. The molecule has 4 heteroatoms. The predicted molar refractivity (Wildman–Crippen MR) is 47.5 cm³/mol. The Morgan fingerprint density at radius 2 is 2.08 bits per heavy atom. The number of sulfone groups is 1. The van der Waals surface area contributed by atoms with Gasteiger partial charge >= 0.3 is 0 Å². The maximum Gasteiger partial charge on any atom is 0.150 e. The molecular weight excluding hydrogens is 174 g/mol. The summed E-state index contributed by atoms with van der Waals surface area (Å²) in [4.78, 5) is 0. The highest BCUT2D eigenvalue weighted by molar-refractivity contribution is 7.91. The normalized spacial score (nSPS) is 36.6. The van der Waals surface area contributed by atoms with E-state index in [1.165, 1.54) is 0 Å². The Morgan fingerprint density at radius 1 is 1.42 bits per heavy atom. The molecule has 0 aromatic heterocycles. The van der Waals surface area contributed by atoms with Crippen LogP contribution in [0.25, 0.3) is 0 Å². The summed E-state index contributed by atoms with van der Waals surface area (Å²) in [6, 6.07) is 0. The lowest BCUT2D eigenvalue weighted by Crippen LogP contribution is -2.25. The van der Waals surface area contributed by atoms with Crippen LogP contribution in [0.1, 0.15) is 19.3 Å². The highest BCUT2D eigenvalue weighted by Crippen LogP contribution is 2.54. The van der Waals surface area contributed by atoms with Gasteiger partial charge in [-0.05, 0) is 37.1 Å². The summed E-state index contributed by atoms with van der Waals surface area (Å²) in [5.41, 5.74) is 5.87. The van der Waals surface area contributed by atoms with E-state index in [1.54, 1.807) is 0 Å². The molecule has 1 unspecified atom stereocenters. The molecule has 70 valence electrons. The molecule has 2 N–H and O–H groups in total. The fraction of sp³-hybridized carbons (Fsp3) is 1.00. The zero-order valence-electron chi connectivity index (χ0n) is 7.12. The van der Waals surface area contributed by atoms with Gasteiger partial charge in [-0.1, -0.05) is 0 Å². The summed E-state index contributed by atoms with van der Waals surface area (Å²) in [5.74, 6) is 1.15. The maximum atomic E-state index is 11.2. The van der Waals surface area contributed by atoms with Crippen LogP contribution in [0.2, 0.25) is 0 Å². The summed E-state index contributed by atoms with van der Waals surface area (Å²) < 4.78 is 22.4. The lowest BCUT2D eigenvalue weighted by Gasteiger charge is -2.18. The van der Waals surface area contributed by atoms with Crippen LogP contribution in [0, 0.1) is 11.3 Å². The molecular formula is C8H15NO2S. The first-order valence-corrected chi connectivity index (χ1v) is 6.31. The molecule has 2 fully saturated rings. The van der Waals surface area contributed by atoms with Crippen molar-refractivity contribution in [3.8, 4) is 0 Å². The Labute approximate surface area is 73.2 Å². The zero-order valence-corrected chi connectivity index (χ0v) is 7.94. The maximum absolute atomic E-state index is 11.2. The largest absolute Gasteiger partial charge is 0.330 e. The second-order valence-corrected chi connectivity index (χ2v) is 6.40. The third kappa shape index (κ3) is 1.27. The lowest BCUT2D eigenvalue weighted by atomic mass is 9.89. The molecule has 0 radical (unpaired) electrons. The summed E-state index contributed by atoms with van der Waals surface area (Å²) in [6.07, 6.45) is 3.13. The van der Waals surface area contributed by atoms with E-state index in [0.29, 0.717) is 24.0 Å². The monoisotopic (exact) mass is 189 g/mol. The van der Waals surface area contributed by atoms with E-state index in [1.807, 2.05) is 0 Å². The molecule has 1 heterocycles. The summed E-state index contributed by atoms with van der Waals surface area (Å²) in [6.45, 7) is 0.674. The van der Waals surface area contributed by atoms with E-state index in [0.717, 1.165) is 19.3 Å². The Morgan fingerprint density at radius 3 is 2.42 bits per heavy atom. The van der Waals surface area contributed by atoms with Crippen molar-refractivity contribution in [2.45, 2.75) is 19.3 Å². The molecule has 2 aliphatic rings. The molecule has 0 aromatic rings. The van der Waals surface area contributed by atoms with Crippen molar-refractivity contribution < 1.29 is 8.42 Å². The molecule has 2 rings (SSSR count). The van der Waals surface area contributed by atoms with E-state index in [2.05, 4.69) is 0 Å². The third-order valence-electron chi connectivity index (χ3n) is 3.40. The number of nitrogens with two attached hydrogens (primary N) is 1. The van der Waals surface area contributed by atoms with Crippen LogP contribution in [-0.4, -0.2) is 26.5 Å². The van der Waals surface area contributed by atoms with Crippen molar-refractivity contribution in [3.05, 3.63) is 0 Å². The van der Waals surface area contributed by atoms with Crippen molar-refractivity contribution in [1.82, 2.24) is 0 Å². The van der Waals surface area contributed by atoms with Gasteiger partial charge in [-0.15, -0.1) is 0 Å². The van der Waals surface area contributed by atoms with Crippen molar-refractivity contribution in [2.75, 3.05) is 18.1 Å². The van der Waals surface area contributed by atoms with Gasteiger partial charge in [0.05, 0.1) is 11.5 Å². The second-order valence-electron chi connectivity index (χ2n) is 4.17. The van der Waals surface area contributed by atoms with E-state index in [-0.39, 0.29) is 5.41 Å². The molecule has 1 aliphatic heterocycles. The molecule has 0 spiro atoms. The first-order valence-electron chi connectivity index (χ1n) is 4.48. The van der Waals surface area contributed by atoms with Crippen molar-refractivity contribution in [3.63, 3.8) is 0 Å². The van der Waals surface area contributed by atoms with Crippen LogP contribution in [0.5, 0.6) is 0 Å². The lowest BCUT2D eigenvalue weighted by molar-refractivity contribution is 0.349. The Balaban J connectivity index is 2.09. The van der Waals surface area contributed by atoms with E-state index < -0.39 is 9.84 Å². The standard InChI is InChI=1S/C8H15NO2S/c9-6-8(2-3-8)7-1-4-12(10,11)5-7/h7H,1-6,9H2. The highest BCUT2D eigenvalue weighted by Gasteiger charge is 2.51. The SMILES string of the molecule is NCC1(C2CCS(=O)(=O)C2)CC1. The minimum atomic E-state index is -2.70. The summed E-state index contributed by atoms with van der Waals surface area (Å²) >= 11 is 0. The second kappa shape index (κ2) is 2.45. The fourth-order valence-electron chi connectivity index (χ4n) is 2.22. The molecule has 12 heavy (non-hydrogen) atoms. The topological polar surface area (TPSA) is 60.2 Å². The van der Waals surface area contributed by atoms with Gasteiger partial charge in [0.2, 0.25) is 0 Å². The fourth-order valence-corrected chi connectivity index (χ4v) is 4.16. The molecule has 3 nitrogen and oxygen atoms in total. The van der Waals surface area contributed by atoms with Crippen LogP contribution in [0.15, 0.2) is 0 Å². The van der Waals surface area contributed by atoms with Crippen LogP contribution < -0.4 is 5.73 Å². The van der Waals surface area contributed by atoms with Gasteiger partial charge in [-0.3, -0.25) is 0 Å². The van der Waals surface area contributed by atoms with Crippen LogP contribution in [0.4, 0.5) is 0 Å². The van der Waals surface area contributed by atoms with E-state index >= 15 is 0 Å². The molecule has 1 saturated carbocycles. The van der Waals surface area contributed by atoms with Gasteiger partial charge in [0, 0.05) is 0 Å². The van der Waals surface area contributed by atoms with Gasteiger partial charge in [0.1, 0.15) is 0 Å². The molecule has 0 bridgehead atoms. The van der Waals surface area contributed by atoms with Crippen molar-refractivity contribution in [1.29, 1.82) is 0 Å². The molecule has 1 atom stereocenters. The van der Waals surface area contributed by atoms with E-state index in [9.17, 15) is 8.42 Å². The smallest absolute Gasteiger partial charge is 0.150 e. The number of rotatable bonds is 2. The number of hydrogen-bond acceptors (Lipinski definition) is 3. The van der Waals surface area contributed by atoms with Crippen LogP contribution in [-0.2, 0) is 9.84 Å². The van der Waals surface area contributed by atoms with Gasteiger partial charge in [0.15, 0.2) is 9.84 Å². The van der Waals surface area contributed by atoms with Crippen LogP contribution >= 0.6 is 0 Å². The average Bonchev–Trinajstić information content (AvgIpc) is 2.72. The van der Waals surface area contributed by atoms with E-state index in [4.69, 9.17) is 5.73 Å². The summed E-state index contributed by atoms with van der Waals surface area (Å²) in [7, 11) is -2.70. The minimum absolute atomic E-state index is 0.226.